The van der Waals surface area contributed by atoms with Crippen molar-refractivity contribution in [2.75, 3.05) is 38.2 Å². The van der Waals surface area contributed by atoms with Gasteiger partial charge in [-0.3, -0.25) is 4.79 Å². The Morgan fingerprint density at radius 3 is 2.50 bits per heavy atom. The number of anilines is 1. The largest absolute Gasteiger partial charge is 0.466 e. The summed E-state index contributed by atoms with van der Waals surface area (Å²) in [5, 5.41) is 2.70. The lowest BCUT2D eigenvalue weighted by atomic mass is 9.90. The lowest BCUT2D eigenvalue weighted by molar-refractivity contribution is -0.136. The highest BCUT2D eigenvalue weighted by Gasteiger charge is 2.42. The maximum atomic E-state index is 14.2. The molecule has 1 saturated heterocycles. The van der Waals surface area contributed by atoms with Gasteiger partial charge in [-0.1, -0.05) is 47.7 Å². The number of carbonyl (C=O) groups is 2. The van der Waals surface area contributed by atoms with Crippen LogP contribution in [0.25, 0.3) is 0 Å². The van der Waals surface area contributed by atoms with Gasteiger partial charge in [-0.15, -0.1) is 0 Å². The molecule has 5 rings (SSSR count). The molecule has 9 heteroatoms. The van der Waals surface area contributed by atoms with Gasteiger partial charge in [0.25, 0.3) is 0 Å². The van der Waals surface area contributed by atoms with Crippen molar-refractivity contribution in [3.05, 3.63) is 87.3 Å². The maximum absolute atomic E-state index is 14.2. The number of aryl methyl sites for hydroxylation is 2. The average Bonchev–Trinajstić information content (AvgIpc) is 3.30. The fourth-order valence-corrected chi connectivity index (χ4v) is 6.30. The van der Waals surface area contributed by atoms with E-state index in [1.807, 2.05) is 59.1 Å². The van der Waals surface area contributed by atoms with Crippen LogP contribution in [-0.4, -0.2) is 60.1 Å². The topological polar surface area (TPSA) is 65.5 Å². The summed E-state index contributed by atoms with van der Waals surface area (Å²) in [6.45, 7) is 8.06. The highest BCUT2D eigenvalue weighted by Crippen LogP contribution is 2.45. The molecule has 38 heavy (non-hydrogen) atoms. The Balaban J connectivity index is 1.37. The molecule has 3 heterocycles. The number of methoxy groups -OCH3 is 1. The van der Waals surface area contributed by atoms with Crippen molar-refractivity contribution in [2.24, 2.45) is 4.99 Å². The first kappa shape index (κ1) is 26.0. The number of allylic oxidation sites excluding steroid dienone is 1. The molecular formula is C29H31FN4O3S. The lowest BCUT2D eigenvalue weighted by Crippen LogP contribution is -2.49. The molecule has 1 unspecified atom stereocenters. The number of thioether (sulfide) groups is 1. The first-order valence-corrected chi connectivity index (χ1v) is 13.5. The van der Waals surface area contributed by atoms with Gasteiger partial charge >= 0.3 is 5.97 Å². The number of halogens is 1. The molecule has 0 aliphatic carbocycles. The second-order valence-corrected chi connectivity index (χ2v) is 10.6. The van der Waals surface area contributed by atoms with Gasteiger partial charge in [0.05, 0.1) is 36.5 Å². The van der Waals surface area contributed by atoms with Gasteiger partial charge in [0.2, 0.25) is 5.91 Å². The van der Waals surface area contributed by atoms with Gasteiger partial charge < -0.3 is 19.4 Å². The number of hydrogen-bond donors (Lipinski definition) is 0. The molecule has 2 aromatic rings. The summed E-state index contributed by atoms with van der Waals surface area (Å²) in [4.78, 5) is 36.9. The van der Waals surface area contributed by atoms with Crippen molar-refractivity contribution in [3.8, 4) is 0 Å². The Morgan fingerprint density at radius 2 is 1.82 bits per heavy atom. The van der Waals surface area contributed by atoms with Crippen LogP contribution >= 0.6 is 11.8 Å². The number of nitrogens with zero attached hydrogens (tertiary/aromatic N) is 4. The van der Waals surface area contributed by atoms with Gasteiger partial charge in [-0.2, -0.15) is 0 Å². The monoisotopic (exact) mass is 534 g/mol. The van der Waals surface area contributed by atoms with Crippen molar-refractivity contribution in [1.29, 1.82) is 0 Å². The van der Waals surface area contributed by atoms with Crippen LogP contribution in [0.4, 0.5) is 10.1 Å². The average molecular weight is 535 g/mol. The lowest BCUT2D eigenvalue weighted by Gasteiger charge is -2.38. The molecule has 0 saturated carbocycles. The third-order valence-electron chi connectivity index (χ3n) is 7.28. The number of aliphatic imine (C=N–C) groups is 1. The number of fused-ring (bicyclic) bond motifs is 1. The van der Waals surface area contributed by atoms with Gasteiger partial charge in [-0.05, 0) is 49.4 Å². The highest BCUT2D eigenvalue weighted by molar-refractivity contribution is 8.16. The second-order valence-electron chi connectivity index (χ2n) is 9.74. The van der Waals surface area contributed by atoms with Crippen LogP contribution in [0.3, 0.4) is 0 Å². The van der Waals surface area contributed by atoms with Crippen molar-refractivity contribution in [3.63, 3.8) is 0 Å². The Bertz CT molecular complexity index is 1380. The normalized spacial score (nSPS) is 19.3. The van der Waals surface area contributed by atoms with Gasteiger partial charge in [0.15, 0.2) is 5.17 Å². The Morgan fingerprint density at radius 1 is 1.08 bits per heavy atom. The van der Waals surface area contributed by atoms with E-state index in [9.17, 15) is 14.0 Å². The zero-order valence-corrected chi connectivity index (χ0v) is 22.8. The fraction of sp³-hybridized carbons (Fsp3) is 0.345. The van der Waals surface area contributed by atoms with E-state index in [2.05, 4.69) is 6.07 Å². The zero-order valence-electron chi connectivity index (χ0n) is 22.0. The zero-order chi connectivity index (χ0) is 27.0. The standard InChI is InChI=1S/C29H31FN4O3S/c1-18-9-10-22(19(2)15-18)27-26(28(36)37-4)20(3)31-29-34(27)21(17-38-29)16-25(35)33-13-11-32(12-14-33)24-8-6-5-7-23(24)30/h5-10,15,17,27H,11-14,16H2,1-4H3. The number of esters is 1. The van der Waals surface area contributed by atoms with E-state index in [1.165, 1.54) is 24.9 Å². The van der Waals surface area contributed by atoms with E-state index in [4.69, 9.17) is 9.73 Å². The molecule has 7 nitrogen and oxygen atoms in total. The Labute approximate surface area is 226 Å². The van der Waals surface area contributed by atoms with Crippen molar-refractivity contribution >= 4 is 34.5 Å². The summed E-state index contributed by atoms with van der Waals surface area (Å²) in [5.74, 6) is -0.682. The van der Waals surface area contributed by atoms with Crippen molar-refractivity contribution in [2.45, 2.75) is 33.2 Å². The molecule has 0 bridgehead atoms. The van der Waals surface area contributed by atoms with E-state index >= 15 is 0 Å². The molecular weight excluding hydrogens is 503 g/mol. The summed E-state index contributed by atoms with van der Waals surface area (Å²) in [6, 6.07) is 12.5. The minimum absolute atomic E-state index is 0.00319. The number of para-hydroxylation sites is 1. The summed E-state index contributed by atoms with van der Waals surface area (Å²) < 4.78 is 19.4. The quantitative estimate of drug-likeness (QED) is 0.507. The summed E-state index contributed by atoms with van der Waals surface area (Å²) in [5.41, 5.74) is 5.62. The number of carbonyl (C=O) groups excluding carboxylic acids is 2. The fourth-order valence-electron chi connectivity index (χ4n) is 5.34. The van der Waals surface area contributed by atoms with E-state index in [0.717, 1.165) is 27.6 Å². The summed E-state index contributed by atoms with van der Waals surface area (Å²) in [6.07, 6.45) is 0.181. The number of hydrogen-bond acceptors (Lipinski definition) is 7. The van der Waals surface area contributed by atoms with Gasteiger partial charge in [0, 0.05) is 31.9 Å². The predicted molar refractivity (Wildman–Crippen MR) is 148 cm³/mol. The van der Waals surface area contributed by atoms with Gasteiger partial charge in [-0.25, -0.2) is 14.2 Å². The number of benzene rings is 2. The summed E-state index contributed by atoms with van der Waals surface area (Å²) in [7, 11) is 1.38. The van der Waals surface area contributed by atoms with Crippen molar-refractivity contribution < 1.29 is 18.7 Å². The molecule has 0 radical (unpaired) electrons. The number of piperazine rings is 1. The van der Waals surface area contributed by atoms with Crippen LogP contribution in [0, 0.1) is 19.7 Å². The molecule has 3 aliphatic rings. The maximum Gasteiger partial charge on any atom is 0.338 e. The molecule has 1 atom stereocenters. The molecule has 2 aromatic carbocycles. The van der Waals surface area contributed by atoms with E-state index in [-0.39, 0.29) is 18.1 Å². The molecule has 1 amide bonds. The predicted octanol–water partition coefficient (Wildman–Crippen LogP) is 4.93. The van der Waals surface area contributed by atoms with Crippen LogP contribution in [0.5, 0.6) is 0 Å². The third kappa shape index (κ3) is 4.82. The van der Waals surface area contributed by atoms with E-state index < -0.39 is 12.0 Å². The first-order valence-electron chi connectivity index (χ1n) is 12.7. The molecule has 0 aromatic heterocycles. The SMILES string of the molecule is COC(=O)C1=C(C)N=C2SC=C(CC(=O)N3CCN(c4ccccc4F)CC3)N2C1c1ccc(C)cc1C. The summed E-state index contributed by atoms with van der Waals surface area (Å²) >= 11 is 1.46. The van der Waals surface area contributed by atoms with Crippen molar-refractivity contribution in [1.82, 2.24) is 9.80 Å². The minimum Gasteiger partial charge on any atom is -0.466 e. The highest BCUT2D eigenvalue weighted by atomic mass is 32.2. The molecule has 198 valence electrons. The molecule has 0 N–H and O–H groups in total. The second kappa shape index (κ2) is 10.6. The van der Waals surface area contributed by atoms with E-state index in [1.54, 1.807) is 12.1 Å². The van der Waals surface area contributed by atoms with Crippen LogP contribution in [0.1, 0.15) is 36.1 Å². The van der Waals surface area contributed by atoms with Crippen LogP contribution in [0.15, 0.2) is 69.8 Å². The van der Waals surface area contributed by atoms with Crippen LogP contribution < -0.4 is 4.90 Å². The number of amides is 1. The molecule has 3 aliphatic heterocycles. The number of rotatable bonds is 5. The Hall–Kier alpha value is -3.59. The molecule has 0 spiro atoms. The van der Waals surface area contributed by atoms with E-state index in [0.29, 0.717) is 43.1 Å². The number of ether oxygens (including phenoxy) is 1. The smallest absolute Gasteiger partial charge is 0.338 e. The molecule has 1 fully saturated rings. The Kier molecular flexibility index (Phi) is 7.29. The van der Waals surface area contributed by atoms with Gasteiger partial charge in [0.1, 0.15) is 5.82 Å². The minimum atomic E-state index is -0.442. The third-order valence-corrected chi connectivity index (χ3v) is 8.17. The number of amidine groups is 1. The van der Waals surface area contributed by atoms with Crippen LogP contribution in [0.2, 0.25) is 0 Å². The first-order chi connectivity index (χ1) is 18.3. The van der Waals surface area contributed by atoms with Crippen LogP contribution in [-0.2, 0) is 14.3 Å².